The molecule has 0 radical (unpaired) electrons. The van der Waals surface area contributed by atoms with Crippen molar-refractivity contribution in [2.24, 2.45) is 0 Å². The Balaban J connectivity index is 2.08. The molecule has 2 rings (SSSR count). The van der Waals surface area contributed by atoms with Crippen LogP contribution in [0.4, 0.5) is 19.1 Å². The smallest absolute Gasteiger partial charge is 0.351 e. The van der Waals surface area contributed by atoms with E-state index in [2.05, 4.69) is 21.4 Å². The van der Waals surface area contributed by atoms with Crippen LogP contribution in [0.5, 0.6) is 0 Å². The Morgan fingerprint density at radius 1 is 1.29 bits per heavy atom. The van der Waals surface area contributed by atoms with Crippen LogP contribution in [0.25, 0.3) is 0 Å². The molecule has 0 fully saturated rings. The Morgan fingerprint density at radius 3 is 2.76 bits per heavy atom. The van der Waals surface area contributed by atoms with Crippen molar-refractivity contribution in [3.05, 3.63) is 30.1 Å². The van der Waals surface area contributed by atoms with E-state index >= 15 is 0 Å². The molecule has 1 atom stereocenters. The number of hydrogen-bond donors (Lipinski definition) is 1. The first-order chi connectivity index (χ1) is 8.05. The minimum atomic E-state index is -4.42. The molecule has 1 aromatic rings. The number of alkyl halides is 3. The average molecular weight is 243 g/mol. The Morgan fingerprint density at radius 2 is 2.12 bits per heavy atom. The van der Waals surface area contributed by atoms with E-state index in [0.29, 0.717) is 0 Å². The topological polar surface area (TPSA) is 37.8 Å². The number of anilines is 1. The van der Waals surface area contributed by atoms with Crippen molar-refractivity contribution in [2.75, 3.05) is 5.32 Å². The molecular weight excluding hydrogens is 231 g/mol. The molecule has 92 valence electrons. The third-order valence-corrected chi connectivity index (χ3v) is 2.55. The second kappa shape index (κ2) is 4.73. The van der Waals surface area contributed by atoms with Gasteiger partial charge in [0.15, 0.2) is 0 Å². The van der Waals surface area contributed by atoms with E-state index in [0.717, 1.165) is 31.5 Å². The van der Waals surface area contributed by atoms with Crippen LogP contribution in [0.1, 0.15) is 25.0 Å². The minimum absolute atomic E-state index is 0.0418. The van der Waals surface area contributed by atoms with Gasteiger partial charge in [0.05, 0.1) is 0 Å². The zero-order chi connectivity index (χ0) is 12.3. The number of nitrogens with one attached hydrogen (secondary N) is 1. The van der Waals surface area contributed by atoms with Gasteiger partial charge >= 0.3 is 6.18 Å². The van der Waals surface area contributed by atoms with Crippen molar-refractivity contribution >= 4 is 5.95 Å². The first-order valence-electron chi connectivity index (χ1n) is 5.37. The van der Waals surface area contributed by atoms with Gasteiger partial charge in [0.1, 0.15) is 5.69 Å². The lowest BCUT2D eigenvalue weighted by Crippen LogP contribution is -2.22. The number of aromatic nitrogens is 2. The molecule has 1 N–H and O–H groups in total. The molecule has 1 aliphatic rings. The van der Waals surface area contributed by atoms with Crippen molar-refractivity contribution in [3.63, 3.8) is 0 Å². The van der Waals surface area contributed by atoms with Gasteiger partial charge in [-0.15, -0.1) is 0 Å². The summed E-state index contributed by atoms with van der Waals surface area (Å²) in [4.78, 5) is 7.27. The summed E-state index contributed by atoms with van der Waals surface area (Å²) in [6, 6.07) is 0.981. The minimum Gasteiger partial charge on any atom is -0.351 e. The highest BCUT2D eigenvalue weighted by molar-refractivity contribution is 5.28. The van der Waals surface area contributed by atoms with Gasteiger partial charge in [-0.1, -0.05) is 12.2 Å². The summed E-state index contributed by atoms with van der Waals surface area (Å²) in [6.45, 7) is 0. The van der Waals surface area contributed by atoms with Crippen LogP contribution in [0.15, 0.2) is 24.4 Å². The number of hydrogen-bond acceptors (Lipinski definition) is 3. The summed E-state index contributed by atoms with van der Waals surface area (Å²) >= 11 is 0. The first-order valence-corrected chi connectivity index (χ1v) is 5.37. The highest BCUT2D eigenvalue weighted by atomic mass is 19.4. The second-order valence-electron chi connectivity index (χ2n) is 3.89. The first kappa shape index (κ1) is 11.9. The summed E-state index contributed by atoms with van der Waals surface area (Å²) in [5.74, 6) is 0.0418. The SMILES string of the molecule is FC(F)(F)c1ccnc(NC2CC=CCC2)n1. The number of allylic oxidation sites excluding steroid dienone is 1. The van der Waals surface area contributed by atoms with Crippen LogP contribution in [-0.4, -0.2) is 16.0 Å². The monoisotopic (exact) mass is 243 g/mol. The van der Waals surface area contributed by atoms with E-state index in [9.17, 15) is 13.2 Å². The Bertz CT molecular complexity index is 415. The maximum Gasteiger partial charge on any atom is 0.433 e. The molecule has 0 saturated carbocycles. The summed E-state index contributed by atoms with van der Waals surface area (Å²) in [5.41, 5.74) is -0.915. The van der Waals surface area contributed by atoms with Gasteiger partial charge in [0.2, 0.25) is 5.95 Å². The zero-order valence-electron chi connectivity index (χ0n) is 9.04. The molecule has 0 amide bonds. The average Bonchev–Trinajstić information content (AvgIpc) is 2.29. The van der Waals surface area contributed by atoms with E-state index in [1.807, 2.05) is 6.08 Å². The lowest BCUT2D eigenvalue weighted by Gasteiger charge is -2.19. The van der Waals surface area contributed by atoms with Crippen LogP contribution in [0.3, 0.4) is 0 Å². The fourth-order valence-corrected chi connectivity index (χ4v) is 1.69. The van der Waals surface area contributed by atoms with E-state index in [1.165, 1.54) is 0 Å². The molecule has 6 heteroatoms. The van der Waals surface area contributed by atoms with Gasteiger partial charge in [-0.05, 0) is 25.3 Å². The normalized spacial score (nSPS) is 20.3. The summed E-state index contributed by atoms with van der Waals surface area (Å²) < 4.78 is 37.3. The fourth-order valence-electron chi connectivity index (χ4n) is 1.69. The quantitative estimate of drug-likeness (QED) is 0.811. The molecular formula is C11H12F3N3. The van der Waals surface area contributed by atoms with Gasteiger partial charge in [-0.2, -0.15) is 13.2 Å². The van der Waals surface area contributed by atoms with Crippen LogP contribution in [-0.2, 0) is 6.18 Å². The molecule has 0 bridgehead atoms. The molecule has 1 heterocycles. The van der Waals surface area contributed by atoms with Gasteiger partial charge in [0, 0.05) is 12.2 Å². The number of rotatable bonds is 2. The fraction of sp³-hybridized carbons (Fsp3) is 0.455. The highest BCUT2D eigenvalue weighted by Crippen LogP contribution is 2.27. The summed E-state index contributed by atoms with van der Waals surface area (Å²) in [5, 5.41) is 2.92. The predicted octanol–water partition coefficient (Wildman–Crippen LogP) is 3.02. The molecule has 1 aliphatic carbocycles. The van der Waals surface area contributed by atoms with Crippen molar-refractivity contribution in [1.29, 1.82) is 0 Å². The molecule has 0 spiro atoms. The lowest BCUT2D eigenvalue weighted by molar-refractivity contribution is -0.141. The predicted molar refractivity (Wildman–Crippen MR) is 57.4 cm³/mol. The molecule has 17 heavy (non-hydrogen) atoms. The van der Waals surface area contributed by atoms with Crippen molar-refractivity contribution in [3.8, 4) is 0 Å². The molecule has 0 aliphatic heterocycles. The molecule has 1 aromatic heterocycles. The van der Waals surface area contributed by atoms with Crippen LogP contribution < -0.4 is 5.32 Å². The van der Waals surface area contributed by atoms with Crippen molar-refractivity contribution < 1.29 is 13.2 Å². The molecule has 0 saturated heterocycles. The van der Waals surface area contributed by atoms with Gasteiger partial charge < -0.3 is 5.32 Å². The Hall–Kier alpha value is -1.59. The Labute approximate surface area is 96.8 Å². The van der Waals surface area contributed by atoms with Gasteiger partial charge in [-0.3, -0.25) is 0 Å². The third-order valence-electron chi connectivity index (χ3n) is 2.55. The maximum absolute atomic E-state index is 12.4. The standard InChI is InChI=1S/C11H12F3N3/c12-11(13,14)9-6-7-15-10(17-9)16-8-4-2-1-3-5-8/h1-2,6-8H,3-5H2,(H,15,16,17). The summed E-state index contributed by atoms with van der Waals surface area (Å²) in [6.07, 6.45) is 3.37. The van der Waals surface area contributed by atoms with Crippen LogP contribution in [0.2, 0.25) is 0 Å². The van der Waals surface area contributed by atoms with Crippen LogP contribution in [0, 0.1) is 0 Å². The van der Waals surface area contributed by atoms with Gasteiger partial charge in [-0.25, -0.2) is 9.97 Å². The third kappa shape index (κ3) is 3.18. The van der Waals surface area contributed by atoms with E-state index < -0.39 is 11.9 Å². The van der Waals surface area contributed by atoms with Crippen LogP contribution >= 0.6 is 0 Å². The maximum atomic E-state index is 12.4. The zero-order valence-corrected chi connectivity index (χ0v) is 9.04. The van der Waals surface area contributed by atoms with Crippen molar-refractivity contribution in [2.45, 2.75) is 31.5 Å². The van der Waals surface area contributed by atoms with E-state index in [1.54, 1.807) is 0 Å². The van der Waals surface area contributed by atoms with E-state index in [-0.39, 0.29) is 12.0 Å². The van der Waals surface area contributed by atoms with E-state index in [4.69, 9.17) is 0 Å². The molecule has 3 nitrogen and oxygen atoms in total. The largest absolute Gasteiger partial charge is 0.433 e. The molecule has 0 aromatic carbocycles. The summed E-state index contributed by atoms with van der Waals surface area (Å²) in [7, 11) is 0. The number of halogens is 3. The molecule has 1 unspecified atom stereocenters. The van der Waals surface area contributed by atoms with Crippen molar-refractivity contribution in [1.82, 2.24) is 9.97 Å². The highest BCUT2D eigenvalue weighted by Gasteiger charge is 2.32. The Kier molecular flexibility index (Phi) is 3.31. The second-order valence-corrected chi connectivity index (χ2v) is 3.89. The number of nitrogens with zero attached hydrogens (tertiary/aromatic N) is 2. The van der Waals surface area contributed by atoms with Gasteiger partial charge in [0.25, 0.3) is 0 Å². The lowest BCUT2D eigenvalue weighted by atomic mass is 10.0.